The average Bonchev–Trinajstić information content (AvgIpc) is 2.91. The fraction of sp³-hybridized carbons (Fsp3) is 0.0588. The number of nitrogens with one attached hydrogen (secondary N) is 1. The van der Waals surface area contributed by atoms with Gasteiger partial charge in [0.1, 0.15) is 11.5 Å². The van der Waals surface area contributed by atoms with Crippen LogP contribution in [0.2, 0.25) is 5.02 Å². The number of carbonyl (C=O) groups excluding carboxylic acids is 1. The molecule has 24 heavy (non-hydrogen) atoms. The zero-order chi connectivity index (χ0) is 17.1. The predicted molar refractivity (Wildman–Crippen MR) is 96.9 cm³/mol. The summed E-state index contributed by atoms with van der Waals surface area (Å²) in [6.45, 7) is 0. The van der Waals surface area contributed by atoms with E-state index in [1.165, 1.54) is 17.8 Å². The Hall–Kier alpha value is -2.44. The second-order valence-corrected chi connectivity index (χ2v) is 6.33. The summed E-state index contributed by atoms with van der Waals surface area (Å²) in [5.41, 5.74) is 1.44. The first-order valence-electron chi connectivity index (χ1n) is 6.97. The molecule has 0 radical (unpaired) electrons. The van der Waals surface area contributed by atoms with Gasteiger partial charge in [0.25, 0.3) is 5.91 Å². The van der Waals surface area contributed by atoms with Crippen molar-refractivity contribution < 1.29 is 14.6 Å². The number of nitrogens with zero attached hydrogens (tertiary/aromatic N) is 1. The lowest BCUT2D eigenvalue weighted by Gasteiger charge is -2.00. The second-order valence-electron chi connectivity index (χ2n) is 4.89. The van der Waals surface area contributed by atoms with Gasteiger partial charge in [0.15, 0.2) is 5.17 Å². The molecule has 1 heterocycles. The number of carbonyl (C=O) groups is 1. The number of amidine groups is 1. The highest BCUT2D eigenvalue weighted by atomic mass is 35.5. The third-order valence-corrected chi connectivity index (χ3v) is 4.44. The number of ether oxygens (including phenoxy) is 1. The van der Waals surface area contributed by atoms with Crippen molar-refractivity contribution >= 4 is 46.2 Å². The van der Waals surface area contributed by atoms with Crippen molar-refractivity contribution in [3.63, 3.8) is 0 Å². The van der Waals surface area contributed by atoms with E-state index in [2.05, 4.69) is 10.3 Å². The number of rotatable bonds is 3. The molecule has 0 aromatic heterocycles. The summed E-state index contributed by atoms with van der Waals surface area (Å²) in [6.07, 6.45) is 1.70. The molecule has 0 bridgehead atoms. The zero-order valence-corrected chi connectivity index (χ0v) is 14.2. The Labute approximate surface area is 148 Å². The summed E-state index contributed by atoms with van der Waals surface area (Å²) in [6, 6.07) is 12.0. The number of hydrogen-bond donors (Lipinski definition) is 2. The van der Waals surface area contributed by atoms with Crippen molar-refractivity contribution in [2.75, 3.05) is 7.11 Å². The van der Waals surface area contributed by atoms with Crippen molar-refractivity contribution in [2.45, 2.75) is 0 Å². The molecule has 1 fully saturated rings. The van der Waals surface area contributed by atoms with Crippen LogP contribution in [0.1, 0.15) is 5.56 Å². The summed E-state index contributed by atoms with van der Waals surface area (Å²) in [5, 5.41) is 12.9. The Morgan fingerprint density at radius 1 is 1.25 bits per heavy atom. The molecule has 2 aromatic carbocycles. The Bertz CT molecular complexity index is 847. The molecule has 5 nitrogen and oxygen atoms in total. The van der Waals surface area contributed by atoms with Gasteiger partial charge >= 0.3 is 0 Å². The van der Waals surface area contributed by atoms with E-state index in [1.807, 2.05) is 0 Å². The van der Waals surface area contributed by atoms with E-state index in [9.17, 15) is 9.90 Å². The molecular weight excluding hydrogens is 348 g/mol. The number of aliphatic imine (C=N–C) groups is 1. The van der Waals surface area contributed by atoms with Crippen LogP contribution >= 0.6 is 23.4 Å². The van der Waals surface area contributed by atoms with Crippen molar-refractivity contribution in [3.8, 4) is 11.5 Å². The van der Waals surface area contributed by atoms with Crippen LogP contribution < -0.4 is 10.1 Å². The SMILES string of the molecule is COc1ccc(N=C2NC(=O)/C(=C\c3ccc(O)c(Cl)c3)S2)cc1. The van der Waals surface area contributed by atoms with Gasteiger partial charge in [-0.3, -0.25) is 4.79 Å². The number of aromatic hydroxyl groups is 1. The topological polar surface area (TPSA) is 70.9 Å². The van der Waals surface area contributed by atoms with Crippen molar-refractivity contribution in [1.29, 1.82) is 0 Å². The van der Waals surface area contributed by atoms with E-state index in [4.69, 9.17) is 16.3 Å². The maximum absolute atomic E-state index is 12.0. The number of halogens is 1. The Kier molecular flexibility index (Phi) is 4.78. The number of amides is 1. The maximum Gasteiger partial charge on any atom is 0.264 e. The van der Waals surface area contributed by atoms with Crippen molar-refractivity contribution in [3.05, 3.63) is 58.0 Å². The highest BCUT2D eigenvalue weighted by Gasteiger charge is 2.23. The molecule has 1 aliphatic heterocycles. The van der Waals surface area contributed by atoms with Gasteiger partial charge in [0.05, 0.1) is 22.7 Å². The third kappa shape index (κ3) is 3.72. The average molecular weight is 361 g/mol. The van der Waals surface area contributed by atoms with E-state index in [0.29, 0.717) is 15.8 Å². The van der Waals surface area contributed by atoms with Crippen LogP contribution in [-0.2, 0) is 4.79 Å². The van der Waals surface area contributed by atoms with Crippen molar-refractivity contribution in [1.82, 2.24) is 5.32 Å². The number of thioether (sulfide) groups is 1. The van der Waals surface area contributed by atoms with Gasteiger partial charge in [-0.1, -0.05) is 17.7 Å². The lowest BCUT2D eigenvalue weighted by molar-refractivity contribution is -0.115. The number of phenolic OH excluding ortho intramolecular Hbond substituents is 1. The molecule has 0 atom stereocenters. The minimum Gasteiger partial charge on any atom is -0.506 e. The fourth-order valence-electron chi connectivity index (χ4n) is 2.02. The van der Waals surface area contributed by atoms with Gasteiger partial charge in [0, 0.05) is 0 Å². The second kappa shape index (κ2) is 6.98. The summed E-state index contributed by atoms with van der Waals surface area (Å²) in [4.78, 5) is 16.9. The van der Waals surface area contributed by atoms with Crippen LogP contribution in [-0.4, -0.2) is 23.3 Å². The van der Waals surface area contributed by atoms with Gasteiger partial charge < -0.3 is 15.2 Å². The van der Waals surface area contributed by atoms with Crippen molar-refractivity contribution in [2.24, 2.45) is 4.99 Å². The molecule has 0 aliphatic carbocycles. The molecule has 2 aromatic rings. The largest absolute Gasteiger partial charge is 0.506 e. The maximum atomic E-state index is 12.0. The van der Waals surface area contributed by atoms with E-state index in [1.54, 1.807) is 49.6 Å². The lowest BCUT2D eigenvalue weighted by Crippen LogP contribution is -2.19. The summed E-state index contributed by atoms with van der Waals surface area (Å²) < 4.78 is 5.10. The monoisotopic (exact) mass is 360 g/mol. The van der Waals surface area contributed by atoms with Gasteiger partial charge in [-0.25, -0.2) is 4.99 Å². The number of hydrogen-bond acceptors (Lipinski definition) is 5. The molecule has 122 valence electrons. The molecule has 1 aliphatic rings. The van der Waals surface area contributed by atoms with E-state index in [-0.39, 0.29) is 16.7 Å². The van der Waals surface area contributed by atoms with Crippen LogP contribution in [0.5, 0.6) is 11.5 Å². The number of methoxy groups -OCH3 is 1. The smallest absolute Gasteiger partial charge is 0.264 e. The van der Waals surface area contributed by atoms with Crippen LogP contribution in [0.4, 0.5) is 5.69 Å². The highest BCUT2D eigenvalue weighted by Crippen LogP contribution is 2.30. The molecule has 2 N–H and O–H groups in total. The Morgan fingerprint density at radius 3 is 2.67 bits per heavy atom. The molecule has 1 amide bonds. The Morgan fingerprint density at radius 2 is 2.00 bits per heavy atom. The van der Waals surface area contributed by atoms with Gasteiger partial charge in [-0.05, 0) is 59.8 Å². The van der Waals surface area contributed by atoms with Gasteiger partial charge in [-0.2, -0.15) is 0 Å². The standard InChI is InChI=1S/C17H13ClN2O3S/c1-23-12-5-3-11(4-6-12)19-17-20-16(22)15(24-17)9-10-2-7-14(21)13(18)8-10/h2-9,21H,1H3,(H,19,20,22)/b15-9+. The summed E-state index contributed by atoms with van der Waals surface area (Å²) in [7, 11) is 1.60. The molecule has 1 saturated heterocycles. The normalized spacial score (nSPS) is 17.3. The van der Waals surface area contributed by atoms with Crippen LogP contribution in [0.25, 0.3) is 6.08 Å². The fourth-order valence-corrected chi connectivity index (χ4v) is 3.05. The molecule has 0 unspecified atom stereocenters. The minimum atomic E-state index is -0.226. The lowest BCUT2D eigenvalue weighted by atomic mass is 10.2. The van der Waals surface area contributed by atoms with Crippen LogP contribution in [0, 0.1) is 0 Å². The first-order chi connectivity index (χ1) is 11.5. The quantitative estimate of drug-likeness (QED) is 0.813. The first kappa shape index (κ1) is 16.4. The van der Waals surface area contributed by atoms with Crippen LogP contribution in [0.3, 0.4) is 0 Å². The molecular formula is C17H13ClN2O3S. The molecule has 0 spiro atoms. The highest BCUT2D eigenvalue weighted by molar-refractivity contribution is 8.18. The minimum absolute atomic E-state index is 0.00380. The summed E-state index contributed by atoms with van der Waals surface area (Å²) >= 11 is 7.12. The van der Waals surface area contributed by atoms with Crippen LogP contribution in [0.15, 0.2) is 52.4 Å². The number of benzene rings is 2. The molecule has 0 saturated carbocycles. The van der Waals surface area contributed by atoms with E-state index < -0.39 is 0 Å². The number of phenols is 1. The van der Waals surface area contributed by atoms with E-state index >= 15 is 0 Å². The molecule has 7 heteroatoms. The molecule has 3 rings (SSSR count). The van der Waals surface area contributed by atoms with Gasteiger partial charge in [0.2, 0.25) is 0 Å². The predicted octanol–water partition coefficient (Wildman–Crippen LogP) is 3.95. The summed E-state index contributed by atoms with van der Waals surface area (Å²) in [5.74, 6) is 0.521. The first-order valence-corrected chi connectivity index (χ1v) is 8.17. The third-order valence-electron chi connectivity index (χ3n) is 3.22. The van der Waals surface area contributed by atoms with Gasteiger partial charge in [-0.15, -0.1) is 0 Å². The zero-order valence-electron chi connectivity index (χ0n) is 12.6. The van der Waals surface area contributed by atoms with E-state index in [0.717, 1.165) is 11.3 Å². The Balaban J connectivity index is 1.80.